The van der Waals surface area contributed by atoms with Gasteiger partial charge in [-0.05, 0) is 54.6 Å². The monoisotopic (exact) mass is 431 g/mol. The van der Waals surface area contributed by atoms with Crippen LogP contribution in [0.15, 0.2) is 84.9 Å². The molecule has 3 nitrogen and oxygen atoms in total. The van der Waals surface area contributed by atoms with Crippen LogP contribution >= 0.6 is 0 Å². The molecule has 0 spiro atoms. The quantitative estimate of drug-likeness (QED) is 0.401. The number of rotatable bonds is 9. The molecule has 4 rings (SSSR count). The van der Waals surface area contributed by atoms with Crippen molar-refractivity contribution >= 4 is 5.78 Å². The highest BCUT2D eigenvalue weighted by atomic mass is 19.1. The van der Waals surface area contributed by atoms with Crippen molar-refractivity contribution in [3.05, 3.63) is 107 Å². The third kappa shape index (κ3) is 6.12. The van der Waals surface area contributed by atoms with E-state index >= 15 is 0 Å². The molecule has 0 bridgehead atoms. The van der Waals surface area contributed by atoms with Gasteiger partial charge in [-0.25, -0.2) is 4.39 Å². The summed E-state index contributed by atoms with van der Waals surface area (Å²) in [4.78, 5) is 14.8. The first kappa shape index (κ1) is 22.4. The molecule has 0 saturated carbocycles. The highest BCUT2D eigenvalue weighted by molar-refractivity contribution is 5.83. The number of hydrogen-bond donors (Lipinski definition) is 0. The van der Waals surface area contributed by atoms with Crippen molar-refractivity contribution in [2.24, 2.45) is 5.92 Å². The second-order valence-corrected chi connectivity index (χ2v) is 8.50. The molecule has 1 aliphatic rings. The zero-order valence-electron chi connectivity index (χ0n) is 18.3. The van der Waals surface area contributed by atoms with Crippen molar-refractivity contribution in [2.45, 2.75) is 31.9 Å². The van der Waals surface area contributed by atoms with Crippen LogP contribution in [0.25, 0.3) is 0 Å². The molecule has 0 aliphatic carbocycles. The van der Waals surface area contributed by atoms with Crippen molar-refractivity contribution in [1.29, 1.82) is 0 Å². The lowest BCUT2D eigenvalue weighted by molar-refractivity contribution is -0.127. The van der Waals surface area contributed by atoms with Gasteiger partial charge in [0.05, 0.1) is 6.54 Å². The van der Waals surface area contributed by atoms with Gasteiger partial charge in [-0.15, -0.1) is 0 Å². The maximum absolute atomic E-state index is 13.1. The molecule has 32 heavy (non-hydrogen) atoms. The van der Waals surface area contributed by atoms with Gasteiger partial charge in [-0.2, -0.15) is 0 Å². The molecule has 1 saturated heterocycles. The SMILES string of the molecule is O=C1CN(Cc2ccc(F)cc2)CCC1CCCOC(c1ccccc1)c1ccccc1. The van der Waals surface area contributed by atoms with Crippen LogP contribution in [0.3, 0.4) is 0 Å². The molecule has 1 heterocycles. The molecule has 1 unspecified atom stereocenters. The molecule has 0 N–H and O–H groups in total. The van der Waals surface area contributed by atoms with Crippen LogP contribution in [0.1, 0.15) is 42.1 Å². The zero-order valence-corrected chi connectivity index (χ0v) is 18.3. The number of halogens is 1. The molecule has 3 aromatic carbocycles. The Bertz CT molecular complexity index is 936. The Hall–Kier alpha value is -2.82. The van der Waals surface area contributed by atoms with Crippen LogP contribution in [0, 0.1) is 11.7 Å². The second-order valence-electron chi connectivity index (χ2n) is 8.50. The van der Waals surface area contributed by atoms with Crippen molar-refractivity contribution in [2.75, 3.05) is 19.7 Å². The van der Waals surface area contributed by atoms with Crippen LogP contribution in [-0.2, 0) is 16.1 Å². The number of ketones is 1. The van der Waals surface area contributed by atoms with Gasteiger partial charge in [0.2, 0.25) is 0 Å². The molecular weight excluding hydrogens is 401 g/mol. The molecular formula is C28H30FNO2. The van der Waals surface area contributed by atoms with Gasteiger partial charge in [-0.3, -0.25) is 9.69 Å². The van der Waals surface area contributed by atoms with E-state index in [1.807, 2.05) is 36.4 Å². The molecule has 1 aliphatic heterocycles. The summed E-state index contributed by atoms with van der Waals surface area (Å²) >= 11 is 0. The number of carbonyl (C=O) groups excluding carboxylic acids is 1. The smallest absolute Gasteiger partial charge is 0.149 e. The summed E-state index contributed by atoms with van der Waals surface area (Å²) in [6, 6.07) is 27.1. The lowest BCUT2D eigenvalue weighted by atomic mass is 9.91. The molecule has 0 aromatic heterocycles. The van der Waals surface area contributed by atoms with E-state index in [0.29, 0.717) is 25.5 Å². The van der Waals surface area contributed by atoms with Crippen LogP contribution in [0.4, 0.5) is 4.39 Å². The van der Waals surface area contributed by atoms with E-state index in [4.69, 9.17) is 4.74 Å². The molecule has 4 heteroatoms. The summed E-state index contributed by atoms with van der Waals surface area (Å²) in [5.41, 5.74) is 3.33. The van der Waals surface area contributed by atoms with Crippen LogP contribution in [0.2, 0.25) is 0 Å². The van der Waals surface area contributed by atoms with Gasteiger partial charge < -0.3 is 4.74 Å². The number of nitrogens with zero attached hydrogens (tertiary/aromatic N) is 1. The summed E-state index contributed by atoms with van der Waals surface area (Å²) < 4.78 is 19.4. The molecule has 0 radical (unpaired) electrons. The largest absolute Gasteiger partial charge is 0.369 e. The summed E-state index contributed by atoms with van der Waals surface area (Å²) in [5.74, 6) is 0.184. The maximum Gasteiger partial charge on any atom is 0.149 e. The predicted octanol–water partition coefficient (Wildman–Crippen LogP) is 5.80. The van der Waals surface area contributed by atoms with Crippen molar-refractivity contribution in [1.82, 2.24) is 4.90 Å². The Morgan fingerprint density at radius 2 is 1.53 bits per heavy atom. The van der Waals surface area contributed by atoms with E-state index in [2.05, 4.69) is 29.2 Å². The van der Waals surface area contributed by atoms with Gasteiger partial charge in [0.15, 0.2) is 0 Å². The molecule has 3 aromatic rings. The minimum absolute atomic E-state index is 0.0920. The summed E-state index contributed by atoms with van der Waals surface area (Å²) in [6.45, 7) is 2.68. The average Bonchev–Trinajstić information content (AvgIpc) is 2.83. The van der Waals surface area contributed by atoms with E-state index < -0.39 is 0 Å². The molecule has 0 amide bonds. The van der Waals surface area contributed by atoms with Gasteiger partial charge >= 0.3 is 0 Å². The van der Waals surface area contributed by atoms with E-state index in [-0.39, 0.29) is 17.8 Å². The third-order valence-electron chi connectivity index (χ3n) is 6.13. The first-order valence-electron chi connectivity index (χ1n) is 11.4. The van der Waals surface area contributed by atoms with E-state index in [1.165, 1.54) is 12.1 Å². The fourth-order valence-corrected chi connectivity index (χ4v) is 4.39. The normalized spacial score (nSPS) is 17.1. The lowest BCUT2D eigenvalue weighted by Gasteiger charge is -2.31. The van der Waals surface area contributed by atoms with Gasteiger partial charge in [0, 0.05) is 19.1 Å². The average molecular weight is 432 g/mol. The first-order chi connectivity index (χ1) is 15.7. The highest BCUT2D eigenvalue weighted by Crippen LogP contribution is 2.27. The topological polar surface area (TPSA) is 29.5 Å². The standard InChI is InChI=1S/C28H30FNO2/c29-26-15-13-22(14-16-26)20-30-18-17-23(27(31)21-30)12-7-19-32-28(24-8-3-1-4-9-24)25-10-5-2-6-11-25/h1-6,8-11,13-16,23,28H,7,12,17-21H2. The van der Waals surface area contributed by atoms with Gasteiger partial charge in [0.25, 0.3) is 0 Å². The number of Topliss-reactive ketones (excluding diaryl/α,β-unsaturated/α-hetero) is 1. The molecule has 166 valence electrons. The number of piperidine rings is 1. The van der Waals surface area contributed by atoms with Crippen molar-refractivity contribution in [3.8, 4) is 0 Å². The number of ether oxygens (including phenoxy) is 1. The number of benzene rings is 3. The van der Waals surface area contributed by atoms with Crippen LogP contribution in [-0.4, -0.2) is 30.4 Å². The fourth-order valence-electron chi connectivity index (χ4n) is 4.39. The fraction of sp³-hybridized carbons (Fsp3) is 0.321. The van der Waals surface area contributed by atoms with Gasteiger partial charge in [-0.1, -0.05) is 72.8 Å². The second kappa shape index (κ2) is 11.2. The zero-order chi connectivity index (χ0) is 22.2. The van der Waals surface area contributed by atoms with Crippen molar-refractivity contribution < 1.29 is 13.9 Å². The Morgan fingerprint density at radius 1 is 0.906 bits per heavy atom. The van der Waals surface area contributed by atoms with Crippen LogP contribution in [0.5, 0.6) is 0 Å². The Morgan fingerprint density at radius 3 is 2.12 bits per heavy atom. The number of carbonyl (C=O) groups is 1. The Balaban J connectivity index is 1.25. The first-order valence-corrected chi connectivity index (χ1v) is 11.4. The van der Waals surface area contributed by atoms with E-state index in [9.17, 15) is 9.18 Å². The minimum Gasteiger partial charge on any atom is -0.369 e. The summed E-state index contributed by atoms with van der Waals surface area (Å²) in [7, 11) is 0. The number of hydrogen-bond acceptors (Lipinski definition) is 3. The van der Waals surface area contributed by atoms with Crippen LogP contribution < -0.4 is 0 Å². The maximum atomic E-state index is 13.1. The van der Waals surface area contributed by atoms with Gasteiger partial charge in [0.1, 0.15) is 17.7 Å². The predicted molar refractivity (Wildman–Crippen MR) is 125 cm³/mol. The van der Waals surface area contributed by atoms with E-state index in [0.717, 1.165) is 42.5 Å². The Labute approximate surface area is 189 Å². The minimum atomic E-state index is -0.229. The van der Waals surface area contributed by atoms with Crippen molar-refractivity contribution in [3.63, 3.8) is 0 Å². The van der Waals surface area contributed by atoms with E-state index in [1.54, 1.807) is 12.1 Å². The lowest BCUT2D eigenvalue weighted by Crippen LogP contribution is -2.40. The molecule has 1 atom stereocenters. The third-order valence-corrected chi connectivity index (χ3v) is 6.13. The Kier molecular flexibility index (Phi) is 7.81. The number of likely N-dealkylation sites (tertiary alicyclic amines) is 1. The molecule has 1 fully saturated rings. The highest BCUT2D eigenvalue weighted by Gasteiger charge is 2.26. The summed E-state index contributed by atoms with van der Waals surface area (Å²) in [5, 5.41) is 0. The summed E-state index contributed by atoms with van der Waals surface area (Å²) in [6.07, 6.45) is 2.51.